The van der Waals surface area contributed by atoms with Crippen molar-refractivity contribution < 1.29 is 0 Å². The van der Waals surface area contributed by atoms with Crippen LogP contribution in [0.3, 0.4) is 0 Å². The van der Waals surface area contributed by atoms with Crippen molar-refractivity contribution >= 4 is 38.5 Å². The third kappa shape index (κ3) is 1.82. The first-order valence-electron chi connectivity index (χ1n) is 4.63. The lowest BCUT2D eigenvalue weighted by Crippen LogP contribution is -1.79. The first kappa shape index (κ1) is 10.1. The average Bonchev–Trinajstić information content (AvgIpc) is 2.23. The molecule has 0 aliphatic heterocycles. The molecular weight excluding hydrogens is 256 g/mol. The smallest absolute Gasteiger partial charge is 0.0389 e. The van der Waals surface area contributed by atoms with Crippen molar-refractivity contribution in [1.82, 2.24) is 0 Å². The summed E-state index contributed by atoms with van der Waals surface area (Å²) in [6, 6.07) is 12.8. The lowest BCUT2D eigenvalue weighted by Gasteiger charge is -2.05. The number of rotatable bonds is 2. The molecule has 0 nitrogen and oxygen atoms in total. The first-order chi connectivity index (χ1) is 6.83. The molecule has 0 aromatic heterocycles. The highest BCUT2D eigenvalue weighted by Gasteiger charge is 2.03. The summed E-state index contributed by atoms with van der Waals surface area (Å²) in [6.07, 6.45) is 0. The molecular formula is C12H11BrS. The van der Waals surface area contributed by atoms with Crippen LogP contribution in [0.15, 0.2) is 45.8 Å². The standard InChI is InChI=1S/C12H11BrS/c1-2-14-11-8-7-9-5-3-4-6-10(9)12(11)13/h3-8H,2H2,1H3. The molecule has 0 N–H and O–H groups in total. The SMILES string of the molecule is CCSc1ccc2ccccc2c1Br. The van der Waals surface area contributed by atoms with Gasteiger partial charge in [0, 0.05) is 9.37 Å². The highest BCUT2D eigenvalue weighted by molar-refractivity contribution is 9.10. The van der Waals surface area contributed by atoms with Crippen LogP contribution < -0.4 is 0 Å². The topological polar surface area (TPSA) is 0 Å². The molecule has 0 fully saturated rings. The summed E-state index contributed by atoms with van der Waals surface area (Å²) < 4.78 is 1.22. The monoisotopic (exact) mass is 266 g/mol. The Hall–Kier alpha value is -0.470. The second-order valence-corrected chi connectivity index (χ2v) is 5.13. The van der Waals surface area contributed by atoms with Crippen LogP contribution in [0.4, 0.5) is 0 Å². The fraction of sp³-hybridized carbons (Fsp3) is 0.167. The van der Waals surface area contributed by atoms with Crippen molar-refractivity contribution in [2.45, 2.75) is 11.8 Å². The van der Waals surface area contributed by atoms with Crippen molar-refractivity contribution in [1.29, 1.82) is 0 Å². The molecule has 0 heterocycles. The summed E-state index contributed by atoms with van der Waals surface area (Å²) in [5.74, 6) is 1.11. The van der Waals surface area contributed by atoms with E-state index in [-0.39, 0.29) is 0 Å². The Morgan fingerprint density at radius 1 is 1.14 bits per heavy atom. The summed E-state index contributed by atoms with van der Waals surface area (Å²) in [6.45, 7) is 2.17. The normalized spacial score (nSPS) is 10.7. The van der Waals surface area contributed by atoms with Crippen LogP contribution in [0.25, 0.3) is 10.8 Å². The highest BCUT2D eigenvalue weighted by Crippen LogP contribution is 2.33. The van der Waals surface area contributed by atoms with Crippen molar-refractivity contribution in [2.75, 3.05) is 5.75 Å². The molecule has 2 aromatic carbocycles. The number of fused-ring (bicyclic) bond motifs is 1. The quantitative estimate of drug-likeness (QED) is 0.710. The van der Waals surface area contributed by atoms with Gasteiger partial charge in [-0.3, -0.25) is 0 Å². The van der Waals surface area contributed by atoms with E-state index in [1.165, 1.54) is 20.1 Å². The molecule has 0 aliphatic carbocycles. The summed E-state index contributed by atoms with van der Waals surface area (Å²) in [7, 11) is 0. The van der Waals surface area contributed by atoms with Gasteiger partial charge in [-0.15, -0.1) is 11.8 Å². The molecule has 0 saturated heterocycles. The van der Waals surface area contributed by atoms with Gasteiger partial charge in [0.15, 0.2) is 0 Å². The number of thioether (sulfide) groups is 1. The van der Waals surface area contributed by atoms with Crippen molar-refractivity contribution in [2.24, 2.45) is 0 Å². The van der Waals surface area contributed by atoms with E-state index in [2.05, 4.69) is 59.3 Å². The van der Waals surface area contributed by atoms with Crippen LogP contribution in [0, 0.1) is 0 Å². The van der Waals surface area contributed by atoms with Crippen LogP contribution in [-0.4, -0.2) is 5.75 Å². The number of hydrogen-bond acceptors (Lipinski definition) is 1. The molecule has 0 radical (unpaired) electrons. The minimum atomic E-state index is 1.11. The Bertz CT molecular complexity index is 451. The van der Waals surface area contributed by atoms with Crippen LogP contribution in [0.2, 0.25) is 0 Å². The molecule has 0 unspecified atom stereocenters. The van der Waals surface area contributed by atoms with Gasteiger partial charge in [-0.25, -0.2) is 0 Å². The highest BCUT2D eigenvalue weighted by atomic mass is 79.9. The van der Waals surface area contributed by atoms with E-state index in [1.54, 1.807) is 0 Å². The fourth-order valence-electron chi connectivity index (χ4n) is 1.48. The van der Waals surface area contributed by atoms with Gasteiger partial charge in [-0.2, -0.15) is 0 Å². The van der Waals surface area contributed by atoms with E-state index in [0.717, 1.165) is 5.75 Å². The van der Waals surface area contributed by atoms with E-state index in [1.807, 2.05) is 11.8 Å². The second-order valence-electron chi connectivity index (χ2n) is 3.03. The van der Waals surface area contributed by atoms with Crippen molar-refractivity contribution in [3.05, 3.63) is 40.9 Å². The maximum atomic E-state index is 3.66. The van der Waals surface area contributed by atoms with Gasteiger partial charge in [0.2, 0.25) is 0 Å². The largest absolute Gasteiger partial charge is 0.125 e. The second kappa shape index (κ2) is 4.37. The van der Waals surface area contributed by atoms with Gasteiger partial charge in [-0.1, -0.05) is 37.3 Å². The van der Waals surface area contributed by atoms with Crippen LogP contribution in [-0.2, 0) is 0 Å². The maximum absolute atomic E-state index is 3.66. The Labute approximate surface area is 96.8 Å². The summed E-state index contributed by atoms with van der Waals surface area (Å²) in [5.41, 5.74) is 0. The van der Waals surface area contributed by atoms with Crippen LogP contribution in [0.5, 0.6) is 0 Å². The Morgan fingerprint density at radius 2 is 1.93 bits per heavy atom. The maximum Gasteiger partial charge on any atom is 0.0389 e. The molecule has 2 rings (SSSR count). The van der Waals surface area contributed by atoms with E-state index in [0.29, 0.717) is 0 Å². The lowest BCUT2D eigenvalue weighted by molar-refractivity contribution is 1.42. The van der Waals surface area contributed by atoms with E-state index in [4.69, 9.17) is 0 Å². The minimum absolute atomic E-state index is 1.11. The molecule has 2 heteroatoms. The molecule has 0 saturated carbocycles. The van der Waals surface area contributed by atoms with Gasteiger partial charge in [0.25, 0.3) is 0 Å². The zero-order chi connectivity index (χ0) is 9.97. The molecule has 0 spiro atoms. The van der Waals surface area contributed by atoms with Crippen molar-refractivity contribution in [3.8, 4) is 0 Å². The summed E-state index contributed by atoms with van der Waals surface area (Å²) in [5, 5.41) is 2.59. The van der Waals surface area contributed by atoms with Gasteiger partial charge >= 0.3 is 0 Å². The predicted molar refractivity (Wildman–Crippen MR) is 68.0 cm³/mol. The number of benzene rings is 2. The van der Waals surface area contributed by atoms with Crippen LogP contribution >= 0.6 is 27.7 Å². The number of hydrogen-bond donors (Lipinski definition) is 0. The van der Waals surface area contributed by atoms with Gasteiger partial charge < -0.3 is 0 Å². The molecule has 0 bridgehead atoms. The third-order valence-corrected chi connectivity index (χ3v) is 4.18. The third-order valence-electron chi connectivity index (χ3n) is 2.13. The Kier molecular flexibility index (Phi) is 3.14. The molecule has 0 aliphatic rings. The zero-order valence-corrected chi connectivity index (χ0v) is 10.4. The zero-order valence-electron chi connectivity index (χ0n) is 7.96. The Morgan fingerprint density at radius 3 is 2.71 bits per heavy atom. The number of halogens is 1. The molecule has 14 heavy (non-hydrogen) atoms. The summed E-state index contributed by atoms with van der Waals surface area (Å²) >= 11 is 5.53. The lowest BCUT2D eigenvalue weighted by atomic mass is 10.1. The van der Waals surface area contributed by atoms with Crippen molar-refractivity contribution in [3.63, 3.8) is 0 Å². The van der Waals surface area contributed by atoms with E-state index in [9.17, 15) is 0 Å². The van der Waals surface area contributed by atoms with E-state index < -0.39 is 0 Å². The summed E-state index contributed by atoms with van der Waals surface area (Å²) in [4.78, 5) is 1.33. The van der Waals surface area contributed by atoms with E-state index >= 15 is 0 Å². The molecule has 2 aromatic rings. The van der Waals surface area contributed by atoms with Crippen LogP contribution in [0.1, 0.15) is 6.92 Å². The predicted octanol–water partition coefficient (Wildman–Crippen LogP) is 4.71. The fourth-order valence-corrected chi connectivity index (χ4v) is 3.03. The Balaban J connectivity index is 2.63. The average molecular weight is 267 g/mol. The molecule has 0 amide bonds. The molecule has 0 atom stereocenters. The van der Waals surface area contributed by atoms with Gasteiger partial charge in [0.1, 0.15) is 0 Å². The minimum Gasteiger partial charge on any atom is -0.125 e. The van der Waals surface area contributed by atoms with Gasteiger partial charge in [-0.05, 0) is 38.5 Å². The molecule has 72 valence electrons. The van der Waals surface area contributed by atoms with Gasteiger partial charge in [0.05, 0.1) is 0 Å². The first-order valence-corrected chi connectivity index (χ1v) is 6.41.